The van der Waals surface area contributed by atoms with Gasteiger partial charge in [-0.05, 0) is 32.1 Å². The maximum Gasteiger partial charge on any atom is 0.176 e. The number of hydrogen-bond donors (Lipinski definition) is 1. The number of benzene rings is 1. The van der Waals surface area contributed by atoms with Gasteiger partial charge in [-0.15, -0.1) is 0 Å². The summed E-state index contributed by atoms with van der Waals surface area (Å²) in [7, 11) is 1.89. The fourth-order valence-electron chi connectivity index (χ4n) is 1.23. The van der Waals surface area contributed by atoms with Gasteiger partial charge in [0.15, 0.2) is 5.78 Å². The lowest BCUT2D eigenvalue weighted by Gasteiger charge is -2.12. The molecule has 3 nitrogen and oxygen atoms in total. The van der Waals surface area contributed by atoms with E-state index in [1.165, 1.54) is 6.07 Å². The average Bonchev–Trinajstić information content (AvgIpc) is 2.21. The zero-order valence-electron chi connectivity index (χ0n) is 9.45. The van der Waals surface area contributed by atoms with Gasteiger partial charge in [-0.1, -0.05) is 19.1 Å². The Morgan fingerprint density at radius 2 is 2.13 bits per heavy atom. The molecule has 0 saturated heterocycles. The second kappa shape index (κ2) is 4.94. The third kappa shape index (κ3) is 3.06. The summed E-state index contributed by atoms with van der Waals surface area (Å²) in [5, 5.41) is 9.47. The predicted molar refractivity (Wildman–Crippen MR) is 60.3 cm³/mol. The van der Waals surface area contributed by atoms with E-state index in [0.29, 0.717) is 12.1 Å². The molecule has 1 rings (SSSR count). The summed E-state index contributed by atoms with van der Waals surface area (Å²) < 4.78 is 0. The first-order valence-corrected chi connectivity index (χ1v) is 5.06. The molecule has 0 heterocycles. The minimum atomic E-state index is 0.0367. The molecular formula is C12H17NO2. The number of Topliss-reactive ketones (excluding diaryl/α,β-unsaturated/α-hetero) is 1. The van der Waals surface area contributed by atoms with Crippen molar-refractivity contribution in [3.05, 3.63) is 29.3 Å². The Balaban J connectivity index is 2.78. The predicted octanol–water partition coefficient (Wildman–Crippen LogP) is 1.84. The quantitative estimate of drug-likeness (QED) is 0.766. The minimum Gasteiger partial charge on any atom is -0.508 e. The van der Waals surface area contributed by atoms with E-state index in [4.69, 9.17) is 0 Å². The van der Waals surface area contributed by atoms with E-state index in [2.05, 4.69) is 0 Å². The van der Waals surface area contributed by atoms with Crippen molar-refractivity contribution in [3.8, 4) is 5.75 Å². The van der Waals surface area contributed by atoms with Gasteiger partial charge in [0.25, 0.3) is 0 Å². The molecule has 0 amide bonds. The highest BCUT2D eigenvalue weighted by Crippen LogP contribution is 2.17. The van der Waals surface area contributed by atoms with Crippen molar-refractivity contribution in [2.24, 2.45) is 0 Å². The molecule has 0 unspecified atom stereocenters. The Kier molecular flexibility index (Phi) is 3.86. The van der Waals surface area contributed by atoms with Crippen LogP contribution in [0.25, 0.3) is 0 Å². The lowest BCUT2D eigenvalue weighted by molar-refractivity contribution is 0.0948. The van der Waals surface area contributed by atoms with Crippen molar-refractivity contribution < 1.29 is 9.90 Å². The number of rotatable bonds is 4. The van der Waals surface area contributed by atoms with Crippen LogP contribution in [0.5, 0.6) is 5.75 Å². The molecule has 0 aromatic heterocycles. The van der Waals surface area contributed by atoms with E-state index in [0.717, 1.165) is 12.1 Å². The van der Waals surface area contributed by atoms with E-state index in [1.807, 2.05) is 25.8 Å². The summed E-state index contributed by atoms with van der Waals surface area (Å²) in [5.41, 5.74) is 1.36. The fraction of sp³-hybridized carbons (Fsp3) is 0.417. The number of phenolic OH excluding ortho intramolecular Hbond substituents is 1. The standard InChI is InChI=1S/C12H17NO2/c1-4-13(3)8-12(15)10-6-5-9(2)11(14)7-10/h5-7,14H,4,8H2,1-3H3. The van der Waals surface area contributed by atoms with Crippen LogP contribution in [0.2, 0.25) is 0 Å². The Bertz CT molecular complexity index is 361. The van der Waals surface area contributed by atoms with Crippen LogP contribution in [-0.2, 0) is 0 Å². The van der Waals surface area contributed by atoms with Crippen LogP contribution < -0.4 is 0 Å². The summed E-state index contributed by atoms with van der Waals surface area (Å²) in [6.07, 6.45) is 0. The van der Waals surface area contributed by atoms with Crippen LogP contribution >= 0.6 is 0 Å². The van der Waals surface area contributed by atoms with E-state index in [-0.39, 0.29) is 11.5 Å². The summed E-state index contributed by atoms with van der Waals surface area (Å²) in [5.74, 6) is 0.217. The molecule has 1 aromatic carbocycles. The van der Waals surface area contributed by atoms with Gasteiger partial charge in [0.05, 0.1) is 6.54 Å². The first kappa shape index (κ1) is 11.7. The van der Waals surface area contributed by atoms with Gasteiger partial charge in [0, 0.05) is 5.56 Å². The van der Waals surface area contributed by atoms with Crippen molar-refractivity contribution in [2.45, 2.75) is 13.8 Å². The molecule has 0 aliphatic carbocycles. The highest BCUT2D eigenvalue weighted by molar-refractivity contribution is 5.98. The van der Waals surface area contributed by atoms with Gasteiger partial charge in [-0.25, -0.2) is 0 Å². The number of phenols is 1. The highest BCUT2D eigenvalue weighted by Gasteiger charge is 2.09. The minimum absolute atomic E-state index is 0.0367. The number of aryl methyl sites for hydroxylation is 1. The zero-order valence-corrected chi connectivity index (χ0v) is 9.45. The number of aromatic hydroxyl groups is 1. The van der Waals surface area contributed by atoms with Gasteiger partial charge in [0.1, 0.15) is 5.75 Å². The van der Waals surface area contributed by atoms with Crippen molar-refractivity contribution in [1.82, 2.24) is 4.90 Å². The molecule has 0 aliphatic rings. The fourth-order valence-corrected chi connectivity index (χ4v) is 1.23. The maximum absolute atomic E-state index is 11.7. The Labute approximate surface area is 90.3 Å². The molecule has 0 atom stereocenters. The Morgan fingerprint density at radius 3 is 2.67 bits per heavy atom. The van der Waals surface area contributed by atoms with Gasteiger partial charge in [-0.3, -0.25) is 9.69 Å². The van der Waals surface area contributed by atoms with E-state index < -0.39 is 0 Å². The molecule has 1 N–H and O–H groups in total. The van der Waals surface area contributed by atoms with Gasteiger partial charge < -0.3 is 5.11 Å². The highest BCUT2D eigenvalue weighted by atomic mass is 16.3. The number of ketones is 1. The van der Waals surface area contributed by atoms with Gasteiger partial charge >= 0.3 is 0 Å². The number of hydrogen-bond acceptors (Lipinski definition) is 3. The second-order valence-electron chi connectivity index (χ2n) is 3.75. The number of nitrogens with zero attached hydrogens (tertiary/aromatic N) is 1. The molecule has 0 aliphatic heterocycles. The normalized spacial score (nSPS) is 10.7. The summed E-state index contributed by atoms with van der Waals surface area (Å²) in [6.45, 7) is 5.03. The van der Waals surface area contributed by atoms with E-state index >= 15 is 0 Å². The van der Waals surface area contributed by atoms with Crippen LogP contribution in [0.1, 0.15) is 22.8 Å². The van der Waals surface area contributed by atoms with Crippen molar-refractivity contribution in [2.75, 3.05) is 20.1 Å². The van der Waals surface area contributed by atoms with Gasteiger partial charge in [-0.2, -0.15) is 0 Å². The number of carbonyl (C=O) groups is 1. The lowest BCUT2D eigenvalue weighted by Crippen LogP contribution is -2.25. The molecule has 82 valence electrons. The molecule has 1 aromatic rings. The van der Waals surface area contributed by atoms with Crippen LogP contribution in [0, 0.1) is 6.92 Å². The number of carbonyl (C=O) groups excluding carboxylic acids is 1. The van der Waals surface area contributed by atoms with Crippen LogP contribution in [0.3, 0.4) is 0 Å². The third-order valence-corrected chi connectivity index (χ3v) is 2.48. The molecule has 0 fully saturated rings. The average molecular weight is 207 g/mol. The van der Waals surface area contributed by atoms with Crippen molar-refractivity contribution >= 4 is 5.78 Å². The Morgan fingerprint density at radius 1 is 1.47 bits per heavy atom. The third-order valence-electron chi connectivity index (χ3n) is 2.48. The topological polar surface area (TPSA) is 40.5 Å². The molecule has 0 spiro atoms. The summed E-state index contributed by atoms with van der Waals surface area (Å²) >= 11 is 0. The molecule has 3 heteroatoms. The lowest BCUT2D eigenvalue weighted by atomic mass is 10.1. The monoisotopic (exact) mass is 207 g/mol. The second-order valence-corrected chi connectivity index (χ2v) is 3.75. The molecule has 0 radical (unpaired) electrons. The Hall–Kier alpha value is -1.35. The van der Waals surface area contributed by atoms with Crippen LogP contribution in [-0.4, -0.2) is 35.9 Å². The van der Waals surface area contributed by atoms with Crippen molar-refractivity contribution in [3.63, 3.8) is 0 Å². The van der Waals surface area contributed by atoms with Crippen LogP contribution in [0.4, 0.5) is 0 Å². The number of likely N-dealkylation sites (N-methyl/N-ethyl adjacent to an activating group) is 1. The smallest absolute Gasteiger partial charge is 0.176 e. The first-order chi connectivity index (χ1) is 7.04. The van der Waals surface area contributed by atoms with E-state index in [1.54, 1.807) is 12.1 Å². The zero-order chi connectivity index (χ0) is 11.4. The molecular weight excluding hydrogens is 190 g/mol. The molecule has 15 heavy (non-hydrogen) atoms. The van der Waals surface area contributed by atoms with E-state index in [9.17, 15) is 9.90 Å². The maximum atomic E-state index is 11.7. The summed E-state index contributed by atoms with van der Waals surface area (Å²) in [6, 6.07) is 5.04. The SMILES string of the molecule is CCN(C)CC(=O)c1ccc(C)c(O)c1. The molecule has 0 saturated carbocycles. The molecule has 0 bridgehead atoms. The van der Waals surface area contributed by atoms with Gasteiger partial charge in [0.2, 0.25) is 0 Å². The largest absolute Gasteiger partial charge is 0.508 e. The summed E-state index contributed by atoms with van der Waals surface area (Å²) in [4.78, 5) is 13.7. The van der Waals surface area contributed by atoms with Crippen molar-refractivity contribution in [1.29, 1.82) is 0 Å². The van der Waals surface area contributed by atoms with Crippen LogP contribution in [0.15, 0.2) is 18.2 Å². The first-order valence-electron chi connectivity index (χ1n) is 5.06.